The van der Waals surface area contributed by atoms with Crippen molar-refractivity contribution in [2.75, 3.05) is 6.54 Å². The highest BCUT2D eigenvalue weighted by atomic mass is 16.5. The predicted octanol–water partition coefficient (Wildman–Crippen LogP) is 2.13. The van der Waals surface area contributed by atoms with Gasteiger partial charge in [-0.15, -0.1) is 0 Å². The molecule has 1 amide bonds. The van der Waals surface area contributed by atoms with E-state index in [0.717, 1.165) is 11.1 Å². The minimum Gasteiger partial charge on any atom is -0.445 e. The number of alkyl carbamates (subject to hydrolysis) is 1. The maximum absolute atomic E-state index is 11.7. The minimum atomic E-state index is -1.23. The number of amides is 1. The summed E-state index contributed by atoms with van der Waals surface area (Å²) in [6, 6.07) is 14.0. The Morgan fingerprint density at radius 1 is 1.20 bits per heavy atom. The molecule has 2 unspecified atom stereocenters. The van der Waals surface area contributed by atoms with Crippen LogP contribution in [0.1, 0.15) is 33.2 Å². The molecular formula is C19H21NO5. The summed E-state index contributed by atoms with van der Waals surface area (Å²) in [5.74, 6) is 0. The molecule has 25 heavy (non-hydrogen) atoms. The van der Waals surface area contributed by atoms with Crippen molar-refractivity contribution in [2.45, 2.75) is 25.7 Å². The minimum absolute atomic E-state index is 0.117. The van der Waals surface area contributed by atoms with Crippen molar-refractivity contribution in [3.63, 3.8) is 0 Å². The second-order valence-corrected chi connectivity index (χ2v) is 5.69. The number of carbonyl (C=O) groups excluding carboxylic acids is 2. The van der Waals surface area contributed by atoms with Crippen LogP contribution in [0.4, 0.5) is 4.79 Å². The fourth-order valence-corrected chi connectivity index (χ4v) is 2.33. The van der Waals surface area contributed by atoms with E-state index in [-0.39, 0.29) is 13.2 Å². The number of aryl methyl sites for hydroxylation is 1. The van der Waals surface area contributed by atoms with Gasteiger partial charge in [0, 0.05) is 12.1 Å². The highest BCUT2D eigenvalue weighted by Crippen LogP contribution is 2.21. The summed E-state index contributed by atoms with van der Waals surface area (Å²) in [6.07, 6.45) is -2.48. The quantitative estimate of drug-likeness (QED) is 0.669. The van der Waals surface area contributed by atoms with Crippen molar-refractivity contribution in [1.29, 1.82) is 0 Å². The van der Waals surface area contributed by atoms with E-state index in [2.05, 4.69) is 5.32 Å². The summed E-state index contributed by atoms with van der Waals surface area (Å²) in [7, 11) is 0. The summed E-state index contributed by atoms with van der Waals surface area (Å²) in [4.78, 5) is 22.5. The molecule has 6 heteroatoms. The molecule has 2 rings (SSSR count). The van der Waals surface area contributed by atoms with Crippen LogP contribution in [0.15, 0.2) is 48.5 Å². The van der Waals surface area contributed by atoms with Crippen molar-refractivity contribution >= 4 is 12.4 Å². The first-order valence-electron chi connectivity index (χ1n) is 7.87. The second-order valence-electron chi connectivity index (χ2n) is 5.69. The maximum atomic E-state index is 11.7. The number of hydrogen-bond acceptors (Lipinski definition) is 5. The largest absolute Gasteiger partial charge is 0.445 e. The van der Waals surface area contributed by atoms with Gasteiger partial charge in [-0.05, 0) is 29.7 Å². The van der Waals surface area contributed by atoms with Crippen molar-refractivity contribution in [2.24, 2.45) is 0 Å². The van der Waals surface area contributed by atoms with Gasteiger partial charge in [0.2, 0.25) is 0 Å². The van der Waals surface area contributed by atoms with Gasteiger partial charge in [-0.25, -0.2) is 4.79 Å². The number of rotatable bonds is 7. The molecule has 0 aliphatic carbocycles. The normalized spacial score (nSPS) is 12.9. The summed E-state index contributed by atoms with van der Waals surface area (Å²) >= 11 is 0. The Labute approximate surface area is 146 Å². The Morgan fingerprint density at radius 3 is 2.60 bits per heavy atom. The molecule has 6 nitrogen and oxygen atoms in total. The molecule has 0 saturated heterocycles. The zero-order valence-corrected chi connectivity index (χ0v) is 13.9. The molecule has 0 aliphatic rings. The first-order chi connectivity index (χ1) is 12.0. The Kier molecular flexibility index (Phi) is 6.68. The maximum Gasteiger partial charge on any atom is 0.407 e. The van der Waals surface area contributed by atoms with Crippen molar-refractivity contribution < 1.29 is 24.5 Å². The number of nitrogens with one attached hydrogen (secondary N) is 1. The number of carbonyl (C=O) groups is 2. The molecule has 2 aromatic carbocycles. The summed E-state index contributed by atoms with van der Waals surface area (Å²) in [5, 5.41) is 22.7. The molecule has 0 aliphatic heterocycles. The lowest BCUT2D eigenvalue weighted by Gasteiger charge is -2.20. The van der Waals surface area contributed by atoms with Crippen molar-refractivity contribution in [3.8, 4) is 0 Å². The lowest BCUT2D eigenvalue weighted by atomic mass is 9.97. The third kappa shape index (κ3) is 5.41. The number of aliphatic hydroxyl groups is 2. The van der Waals surface area contributed by atoms with E-state index < -0.39 is 18.3 Å². The average molecular weight is 343 g/mol. The van der Waals surface area contributed by atoms with Crippen LogP contribution in [0.2, 0.25) is 0 Å². The van der Waals surface area contributed by atoms with Gasteiger partial charge >= 0.3 is 6.09 Å². The van der Waals surface area contributed by atoms with E-state index in [1.807, 2.05) is 30.3 Å². The van der Waals surface area contributed by atoms with E-state index in [4.69, 9.17) is 4.74 Å². The molecule has 3 N–H and O–H groups in total. The Hall–Kier alpha value is -2.70. The number of benzene rings is 2. The Balaban J connectivity index is 1.85. The van der Waals surface area contributed by atoms with Gasteiger partial charge in [-0.2, -0.15) is 0 Å². The summed E-state index contributed by atoms with van der Waals surface area (Å²) < 4.78 is 5.04. The number of aliphatic hydroxyl groups excluding tert-OH is 2. The van der Waals surface area contributed by atoms with Crippen molar-refractivity contribution in [1.82, 2.24) is 5.32 Å². The fraction of sp³-hybridized carbons (Fsp3) is 0.263. The number of aldehydes is 1. The molecule has 0 aromatic heterocycles. The van der Waals surface area contributed by atoms with Crippen LogP contribution < -0.4 is 5.32 Å². The van der Waals surface area contributed by atoms with Crippen molar-refractivity contribution in [3.05, 3.63) is 70.8 Å². The zero-order chi connectivity index (χ0) is 18.2. The third-order valence-corrected chi connectivity index (χ3v) is 3.79. The molecule has 0 bridgehead atoms. The molecule has 0 saturated carbocycles. The van der Waals surface area contributed by atoms with Gasteiger partial charge in [0.1, 0.15) is 25.1 Å². The molecule has 0 radical (unpaired) electrons. The Bertz CT molecular complexity index is 717. The van der Waals surface area contributed by atoms with Crippen LogP contribution >= 0.6 is 0 Å². The Morgan fingerprint density at radius 2 is 1.92 bits per heavy atom. The van der Waals surface area contributed by atoms with Crippen LogP contribution in [0.3, 0.4) is 0 Å². The van der Waals surface area contributed by atoms with Crippen LogP contribution in [0.25, 0.3) is 0 Å². The molecule has 132 valence electrons. The third-order valence-electron chi connectivity index (χ3n) is 3.79. The highest BCUT2D eigenvalue weighted by molar-refractivity contribution is 5.75. The van der Waals surface area contributed by atoms with Crippen LogP contribution in [-0.2, 0) is 11.3 Å². The molecule has 0 spiro atoms. The van der Waals surface area contributed by atoms with E-state index in [1.165, 1.54) is 6.07 Å². The van der Waals surface area contributed by atoms with E-state index in [0.29, 0.717) is 17.4 Å². The van der Waals surface area contributed by atoms with Gasteiger partial charge in [-0.1, -0.05) is 42.5 Å². The zero-order valence-electron chi connectivity index (χ0n) is 13.9. The standard InChI is InChI=1S/C19H21NO5/c1-13-7-8-15(11-21)9-16(13)18(23)17(22)10-20-19(24)25-12-14-5-3-2-4-6-14/h2-9,11,17-18,22-23H,10,12H2,1H3,(H,20,24). The monoisotopic (exact) mass is 343 g/mol. The summed E-state index contributed by atoms with van der Waals surface area (Å²) in [5.41, 5.74) is 2.43. The lowest BCUT2D eigenvalue weighted by Crippen LogP contribution is -2.36. The number of ether oxygens (including phenoxy) is 1. The topological polar surface area (TPSA) is 95.9 Å². The second kappa shape index (κ2) is 8.96. The van der Waals surface area contributed by atoms with Gasteiger partial charge in [0.05, 0.1) is 0 Å². The molecule has 2 atom stereocenters. The van der Waals surface area contributed by atoms with Gasteiger partial charge in [-0.3, -0.25) is 4.79 Å². The van der Waals surface area contributed by atoms with Crippen LogP contribution in [-0.4, -0.2) is 35.2 Å². The van der Waals surface area contributed by atoms with Gasteiger partial charge in [0.15, 0.2) is 0 Å². The van der Waals surface area contributed by atoms with Crippen LogP contribution in [0, 0.1) is 6.92 Å². The highest BCUT2D eigenvalue weighted by Gasteiger charge is 2.21. The van der Waals surface area contributed by atoms with E-state index >= 15 is 0 Å². The van der Waals surface area contributed by atoms with E-state index in [9.17, 15) is 19.8 Å². The first-order valence-corrected chi connectivity index (χ1v) is 7.87. The average Bonchev–Trinajstić information content (AvgIpc) is 2.65. The lowest BCUT2D eigenvalue weighted by molar-refractivity contribution is 0.0180. The van der Waals surface area contributed by atoms with Gasteiger partial charge < -0.3 is 20.3 Å². The van der Waals surface area contributed by atoms with E-state index in [1.54, 1.807) is 19.1 Å². The predicted molar refractivity (Wildman–Crippen MR) is 92.2 cm³/mol. The molecule has 0 fully saturated rings. The van der Waals surface area contributed by atoms with Gasteiger partial charge in [0.25, 0.3) is 0 Å². The van der Waals surface area contributed by atoms with Crippen LogP contribution in [0.5, 0.6) is 0 Å². The molecule has 0 heterocycles. The SMILES string of the molecule is Cc1ccc(C=O)cc1C(O)C(O)CNC(=O)OCc1ccccc1. The smallest absolute Gasteiger partial charge is 0.407 e. The fourth-order valence-electron chi connectivity index (χ4n) is 2.33. The first kappa shape index (κ1) is 18.6. The molecule has 2 aromatic rings. The molecular weight excluding hydrogens is 322 g/mol. The number of hydrogen-bond donors (Lipinski definition) is 3. The summed E-state index contributed by atoms with van der Waals surface area (Å²) in [6.45, 7) is 1.70.